The summed E-state index contributed by atoms with van der Waals surface area (Å²) in [5.41, 5.74) is 1.83. The number of halogens is 2. The molecule has 6 heteroatoms. The standard InChI is InChI=1S/C17H12ClFN2O2/c1-10-6-7-11(8-13(10)18)20-9-15-17(22)23-16(21-15)12-4-2-3-5-14(12)19/h2-9,22H,1H3. The second-order valence-electron chi connectivity index (χ2n) is 4.88. The summed E-state index contributed by atoms with van der Waals surface area (Å²) < 4.78 is 18.8. The van der Waals surface area contributed by atoms with Crippen LogP contribution >= 0.6 is 11.6 Å². The summed E-state index contributed by atoms with van der Waals surface area (Å²) in [4.78, 5) is 8.24. The summed E-state index contributed by atoms with van der Waals surface area (Å²) in [7, 11) is 0. The molecule has 1 heterocycles. The second kappa shape index (κ2) is 6.22. The van der Waals surface area contributed by atoms with Crippen LogP contribution in [0, 0.1) is 12.7 Å². The van der Waals surface area contributed by atoms with Crippen molar-refractivity contribution in [3.05, 3.63) is 64.6 Å². The molecule has 0 saturated heterocycles. The fourth-order valence-electron chi connectivity index (χ4n) is 1.96. The highest BCUT2D eigenvalue weighted by Crippen LogP contribution is 2.28. The molecule has 3 aromatic rings. The van der Waals surface area contributed by atoms with Crippen molar-refractivity contribution in [1.82, 2.24) is 4.98 Å². The maximum atomic E-state index is 13.7. The van der Waals surface area contributed by atoms with E-state index in [0.717, 1.165) is 5.56 Å². The van der Waals surface area contributed by atoms with Crippen molar-refractivity contribution in [3.8, 4) is 17.4 Å². The Kier molecular flexibility index (Phi) is 4.12. The molecule has 0 atom stereocenters. The van der Waals surface area contributed by atoms with E-state index in [9.17, 15) is 9.50 Å². The van der Waals surface area contributed by atoms with Gasteiger partial charge in [0.1, 0.15) is 5.82 Å². The van der Waals surface area contributed by atoms with E-state index in [1.165, 1.54) is 18.3 Å². The lowest BCUT2D eigenvalue weighted by molar-refractivity contribution is 0.336. The van der Waals surface area contributed by atoms with Crippen LogP contribution in [0.15, 0.2) is 51.9 Å². The summed E-state index contributed by atoms with van der Waals surface area (Å²) in [6.07, 6.45) is 1.34. The minimum atomic E-state index is -0.484. The Morgan fingerprint density at radius 1 is 1.26 bits per heavy atom. The zero-order valence-corrected chi connectivity index (χ0v) is 12.9. The van der Waals surface area contributed by atoms with Gasteiger partial charge in [0, 0.05) is 5.02 Å². The number of aromatic nitrogens is 1. The molecule has 1 N–H and O–H groups in total. The van der Waals surface area contributed by atoms with Crippen LogP contribution in [0.4, 0.5) is 10.1 Å². The number of aryl methyl sites for hydroxylation is 1. The average molecular weight is 331 g/mol. The van der Waals surface area contributed by atoms with E-state index >= 15 is 0 Å². The normalized spacial score (nSPS) is 11.3. The first-order valence-electron chi connectivity index (χ1n) is 6.79. The number of oxazole rings is 1. The van der Waals surface area contributed by atoms with Gasteiger partial charge in [-0.25, -0.2) is 9.37 Å². The Balaban J connectivity index is 1.91. The molecule has 0 bridgehead atoms. The highest BCUT2D eigenvalue weighted by molar-refractivity contribution is 6.31. The SMILES string of the molecule is Cc1ccc(N=Cc2nc(-c3ccccc3F)oc2O)cc1Cl. The van der Waals surface area contributed by atoms with Gasteiger partial charge in [-0.2, -0.15) is 0 Å². The third-order valence-corrected chi connectivity index (χ3v) is 3.64. The van der Waals surface area contributed by atoms with Gasteiger partial charge in [-0.05, 0) is 36.8 Å². The lowest BCUT2D eigenvalue weighted by atomic mass is 10.2. The van der Waals surface area contributed by atoms with Crippen LogP contribution < -0.4 is 0 Å². The number of hydrogen-bond acceptors (Lipinski definition) is 4. The van der Waals surface area contributed by atoms with Crippen molar-refractivity contribution in [2.24, 2.45) is 4.99 Å². The quantitative estimate of drug-likeness (QED) is 0.695. The summed E-state index contributed by atoms with van der Waals surface area (Å²) in [5.74, 6) is -0.920. The van der Waals surface area contributed by atoms with Gasteiger partial charge in [-0.3, -0.25) is 4.99 Å². The molecule has 0 amide bonds. The first kappa shape index (κ1) is 15.2. The van der Waals surface area contributed by atoms with Crippen LogP contribution in [0.25, 0.3) is 11.5 Å². The summed E-state index contributed by atoms with van der Waals surface area (Å²) in [5, 5.41) is 10.4. The predicted molar refractivity (Wildman–Crippen MR) is 87.0 cm³/mol. The third-order valence-electron chi connectivity index (χ3n) is 3.23. The van der Waals surface area contributed by atoms with Gasteiger partial charge in [0.2, 0.25) is 5.89 Å². The Hall–Kier alpha value is -2.66. The van der Waals surface area contributed by atoms with E-state index in [1.54, 1.807) is 24.3 Å². The largest absolute Gasteiger partial charge is 0.479 e. The van der Waals surface area contributed by atoms with Crippen molar-refractivity contribution in [3.63, 3.8) is 0 Å². The highest BCUT2D eigenvalue weighted by Gasteiger charge is 2.15. The molecule has 1 aromatic heterocycles. The minimum absolute atomic E-state index is 0.0102. The van der Waals surface area contributed by atoms with Gasteiger partial charge in [0.05, 0.1) is 17.5 Å². The van der Waals surface area contributed by atoms with Gasteiger partial charge in [-0.15, -0.1) is 0 Å². The number of benzene rings is 2. The first-order chi connectivity index (χ1) is 11.0. The predicted octanol–water partition coefficient (Wildman–Crippen LogP) is 4.90. The van der Waals surface area contributed by atoms with Crippen molar-refractivity contribution in [2.45, 2.75) is 6.92 Å². The summed E-state index contributed by atoms with van der Waals surface area (Å²) in [6, 6.07) is 11.3. The zero-order valence-electron chi connectivity index (χ0n) is 12.1. The van der Waals surface area contributed by atoms with E-state index in [4.69, 9.17) is 16.0 Å². The van der Waals surface area contributed by atoms with Gasteiger partial charge < -0.3 is 9.52 Å². The summed E-state index contributed by atoms with van der Waals surface area (Å²) >= 11 is 6.03. The topological polar surface area (TPSA) is 58.6 Å². The Morgan fingerprint density at radius 2 is 2.04 bits per heavy atom. The van der Waals surface area contributed by atoms with Gasteiger partial charge in [0.15, 0.2) is 5.69 Å². The molecular weight excluding hydrogens is 319 g/mol. The molecule has 0 radical (unpaired) electrons. The monoisotopic (exact) mass is 330 g/mol. The summed E-state index contributed by atoms with van der Waals surface area (Å²) in [6.45, 7) is 1.89. The number of aromatic hydroxyl groups is 1. The minimum Gasteiger partial charge on any atom is -0.479 e. The molecule has 3 rings (SSSR count). The molecule has 116 valence electrons. The molecule has 0 unspecified atom stereocenters. The van der Waals surface area contributed by atoms with Crippen LogP contribution in [0.5, 0.6) is 5.95 Å². The number of rotatable bonds is 3. The van der Waals surface area contributed by atoms with E-state index < -0.39 is 11.8 Å². The second-order valence-corrected chi connectivity index (χ2v) is 5.29. The van der Waals surface area contributed by atoms with Gasteiger partial charge >= 0.3 is 5.95 Å². The van der Waals surface area contributed by atoms with Crippen molar-refractivity contribution >= 4 is 23.5 Å². The van der Waals surface area contributed by atoms with Crippen LogP contribution in [0.2, 0.25) is 5.02 Å². The molecule has 0 aliphatic heterocycles. The van der Waals surface area contributed by atoms with Gasteiger partial charge in [-0.1, -0.05) is 29.8 Å². The average Bonchev–Trinajstić information content (AvgIpc) is 2.90. The molecule has 0 fully saturated rings. The Morgan fingerprint density at radius 3 is 2.78 bits per heavy atom. The maximum Gasteiger partial charge on any atom is 0.312 e. The molecule has 4 nitrogen and oxygen atoms in total. The van der Waals surface area contributed by atoms with Crippen LogP contribution in [-0.2, 0) is 0 Å². The molecular formula is C17H12ClFN2O2. The molecule has 0 spiro atoms. The third kappa shape index (κ3) is 3.24. The fraction of sp³-hybridized carbons (Fsp3) is 0.0588. The zero-order chi connectivity index (χ0) is 16.4. The van der Waals surface area contributed by atoms with Crippen molar-refractivity contribution in [2.75, 3.05) is 0 Å². The van der Waals surface area contributed by atoms with E-state index in [0.29, 0.717) is 10.7 Å². The van der Waals surface area contributed by atoms with E-state index in [1.807, 2.05) is 13.0 Å². The molecule has 0 aliphatic carbocycles. The highest BCUT2D eigenvalue weighted by atomic mass is 35.5. The maximum absolute atomic E-state index is 13.7. The lowest BCUT2D eigenvalue weighted by Gasteiger charge is -1.98. The van der Waals surface area contributed by atoms with Crippen molar-refractivity contribution in [1.29, 1.82) is 0 Å². The molecule has 0 saturated carbocycles. The number of hydrogen-bond donors (Lipinski definition) is 1. The lowest BCUT2D eigenvalue weighted by Crippen LogP contribution is -1.85. The smallest absolute Gasteiger partial charge is 0.312 e. The van der Waals surface area contributed by atoms with Crippen molar-refractivity contribution < 1.29 is 13.9 Å². The molecule has 23 heavy (non-hydrogen) atoms. The molecule has 0 aliphatic rings. The Bertz CT molecular complexity index is 890. The first-order valence-corrected chi connectivity index (χ1v) is 7.17. The van der Waals surface area contributed by atoms with Crippen LogP contribution in [-0.4, -0.2) is 16.3 Å². The van der Waals surface area contributed by atoms with Gasteiger partial charge in [0.25, 0.3) is 0 Å². The number of aliphatic imine (C=N–C) groups is 1. The van der Waals surface area contributed by atoms with Crippen LogP contribution in [0.3, 0.4) is 0 Å². The van der Waals surface area contributed by atoms with E-state index in [2.05, 4.69) is 9.98 Å². The van der Waals surface area contributed by atoms with E-state index in [-0.39, 0.29) is 17.1 Å². The Labute approximate surface area is 136 Å². The van der Waals surface area contributed by atoms with Crippen LogP contribution in [0.1, 0.15) is 11.3 Å². The number of nitrogens with zero attached hydrogens (tertiary/aromatic N) is 2. The fourth-order valence-corrected chi connectivity index (χ4v) is 2.13. The molecule has 2 aromatic carbocycles.